The normalized spacial score (nSPS) is 8.93. The summed E-state index contributed by atoms with van der Waals surface area (Å²) in [7, 11) is 2.69. The Morgan fingerprint density at radius 2 is 2.29 bits per heavy atom. The molecule has 0 amide bonds. The fraction of sp³-hybridized carbons (Fsp3) is 0.222. The molecule has 14 heavy (non-hydrogen) atoms. The largest absolute Gasteiger partial charge is 0.495 e. The van der Waals surface area contributed by atoms with E-state index in [4.69, 9.17) is 10.00 Å². The van der Waals surface area contributed by atoms with Gasteiger partial charge in [0.2, 0.25) is 0 Å². The van der Waals surface area contributed by atoms with Gasteiger partial charge in [0.15, 0.2) is 5.69 Å². The van der Waals surface area contributed by atoms with Crippen LogP contribution in [0, 0.1) is 11.3 Å². The number of hydrogen-bond acceptors (Lipinski definition) is 5. The molecule has 0 aliphatic heterocycles. The molecule has 1 aromatic heterocycles. The Hall–Kier alpha value is -2.09. The number of ether oxygens (including phenoxy) is 2. The predicted octanol–water partition coefficient (Wildman–Crippen LogP) is 0.748. The molecule has 5 heteroatoms. The Morgan fingerprint density at radius 3 is 2.79 bits per heavy atom. The smallest absolute Gasteiger partial charge is 0.340 e. The van der Waals surface area contributed by atoms with E-state index in [-0.39, 0.29) is 11.3 Å². The molecule has 5 nitrogen and oxygen atoms in total. The maximum Gasteiger partial charge on any atom is 0.340 e. The minimum Gasteiger partial charge on any atom is -0.495 e. The molecule has 0 aromatic carbocycles. The molecule has 0 spiro atoms. The van der Waals surface area contributed by atoms with Crippen molar-refractivity contribution in [3.63, 3.8) is 0 Å². The summed E-state index contributed by atoms with van der Waals surface area (Å²) in [6.45, 7) is 0. The number of methoxy groups -OCH3 is 2. The van der Waals surface area contributed by atoms with E-state index < -0.39 is 5.97 Å². The molecule has 0 N–H and O–H groups in total. The maximum absolute atomic E-state index is 11.2. The molecular formula is C9H8N2O3. The molecule has 0 saturated heterocycles. The highest BCUT2D eigenvalue weighted by atomic mass is 16.5. The van der Waals surface area contributed by atoms with Crippen LogP contribution in [-0.2, 0) is 4.74 Å². The molecule has 72 valence electrons. The first-order valence-corrected chi connectivity index (χ1v) is 3.75. The van der Waals surface area contributed by atoms with Crippen LogP contribution in [-0.4, -0.2) is 25.2 Å². The summed E-state index contributed by atoms with van der Waals surface area (Å²) in [5.74, 6) is -0.197. The van der Waals surface area contributed by atoms with Gasteiger partial charge in [-0.05, 0) is 6.07 Å². The lowest BCUT2D eigenvalue weighted by Crippen LogP contribution is -2.06. The number of nitrogens with zero attached hydrogens (tertiary/aromatic N) is 2. The topological polar surface area (TPSA) is 72.2 Å². The number of carbonyl (C=O) groups excluding carboxylic acids is 1. The van der Waals surface area contributed by atoms with E-state index in [1.54, 1.807) is 6.07 Å². The SMILES string of the molecule is COC(=O)c1cc(OC)cnc1C#N. The van der Waals surface area contributed by atoms with Gasteiger partial charge in [0.25, 0.3) is 0 Å². The standard InChI is InChI=1S/C9H8N2O3/c1-13-6-3-7(9(12)14-2)8(4-10)11-5-6/h3,5H,1-2H3. The molecule has 0 aliphatic rings. The van der Waals surface area contributed by atoms with Crippen molar-refractivity contribution < 1.29 is 14.3 Å². The zero-order valence-electron chi connectivity index (χ0n) is 7.77. The molecule has 1 rings (SSSR count). The third-order valence-electron chi connectivity index (χ3n) is 1.61. The summed E-state index contributed by atoms with van der Waals surface area (Å²) in [6.07, 6.45) is 1.37. The molecule has 0 radical (unpaired) electrons. The van der Waals surface area contributed by atoms with Gasteiger partial charge in [-0.2, -0.15) is 5.26 Å². The average molecular weight is 192 g/mol. The van der Waals surface area contributed by atoms with Crippen molar-refractivity contribution in [1.82, 2.24) is 4.98 Å². The number of esters is 1. The fourth-order valence-corrected chi connectivity index (χ4v) is 0.912. The summed E-state index contributed by atoms with van der Waals surface area (Å²) in [6, 6.07) is 3.21. The zero-order valence-corrected chi connectivity index (χ0v) is 7.77. The first-order valence-electron chi connectivity index (χ1n) is 3.75. The van der Waals surface area contributed by atoms with Crippen LogP contribution >= 0.6 is 0 Å². The second kappa shape index (κ2) is 4.23. The van der Waals surface area contributed by atoms with Crippen LogP contribution in [0.15, 0.2) is 12.3 Å². The lowest BCUT2D eigenvalue weighted by atomic mass is 10.2. The summed E-state index contributed by atoms with van der Waals surface area (Å²) < 4.78 is 9.36. The van der Waals surface area contributed by atoms with Crippen molar-refractivity contribution in [2.24, 2.45) is 0 Å². The quantitative estimate of drug-likeness (QED) is 0.646. The van der Waals surface area contributed by atoms with Crippen molar-refractivity contribution in [1.29, 1.82) is 5.26 Å². The highest BCUT2D eigenvalue weighted by Gasteiger charge is 2.13. The monoisotopic (exact) mass is 192 g/mol. The summed E-state index contributed by atoms with van der Waals surface area (Å²) >= 11 is 0. The Labute approximate surface area is 80.9 Å². The van der Waals surface area contributed by atoms with Gasteiger partial charge in [0, 0.05) is 0 Å². The fourth-order valence-electron chi connectivity index (χ4n) is 0.912. The number of aromatic nitrogens is 1. The highest BCUT2D eigenvalue weighted by Crippen LogP contribution is 2.14. The van der Waals surface area contributed by atoms with Gasteiger partial charge in [-0.1, -0.05) is 0 Å². The second-order valence-corrected chi connectivity index (χ2v) is 2.37. The van der Waals surface area contributed by atoms with Crippen LogP contribution in [0.2, 0.25) is 0 Å². The highest BCUT2D eigenvalue weighted by molar-refractivity contribution is 5.91. The van der Waals surface area contributed by atoms with Crippen LogP contribution in [0.25, 0.3) is 0 Å². The molecule has 1 heterocycles. The number of pyridine rings is 1. The Kier molecular flexibility index (Phi) is 3.02. The molecule has 0 fully saturated rings. The van der Waals surface area contributed by atoms with Crippen LogP contribution in [0.5, 0.6) is 5.75 Å². The molecule has 1 aromatic rings. The number of carbonyl (C=O) groups is 1. The minimum absolute atomic E-state index is 0.0256. The van der Waals surface area contributed by atoms with Crippen molar-refractivity contribution in [3.05, 3.63) is 23.5 Å². The average Bonchev–Trinajstić information content (AvgIpc) is 2.27. The molecule has 0 saturated carbocycles. The maximum atomic E-state index is 11.2. The third kappa shape index (κ3) is 1.80. The van der Waals surface area contributed by atoms with E-state index in [1.165, 1.54) is 26.5 Å². The first kappa shape index (κ1) is 9.99. The summed E-state index contributed by atoms with van der Waals surface area (Å²) in [5, 5.41) is 8.67. The molecule has 0 bridgehead atoms. The van der Waals surface area contributed by atoms with Gasteiger partial charge >= 0.3 is 5.97 Å². The van der Waals surface area contributed by atoms with E-state index in [9.17, 15) is 4.79 Å². The predicted molar refractivity (Wildman–Crippen MR) is 46.8 cm³/mol. The zero-order chi connectivity index (χ0) is 10.6. The molecule has 0 atom stereocenters. The number of hydrogen-bond donors (Lipinski definition) is 0. The summed E-state index contributed by atoms with van der Waals surface area (Å²) in [5.41, 5.74) is 0.131. The molecule has 0 unspecified atom stereocenters. The Morgan fingerprint density at radius 1 is 1.57 bits per heavy atom. The van der Waals surface area contributed by atoms with Gasteiger partial charge in [-0.25, -0.2) is 9.78 Å². The third-order valence-corrected chi connectivity index (χ3v) is 1.61. The van der Waals surface area contributed by atoms with Gasteiger partial charge < -0.3 is 9.47 Å². The van der Waals surface area contributed by atoms with Crippen molar-refractivity contribution in [3.8, 4) is 11.8 Å². The van der Waals surface area contributed by atoms with Crippen molar-refractivity contribution in [2.75, 3.05) is 14.2 Å². The Balaban J connectivity index is 3.23. The first-order chi connectivity index (χ1) is 6.72. The van der Waals surface area contributed by atoms with Gasteiger partial charge in [-0.3, -0.25) is 0 Å². The second-order valence-electron chi connectivity index (χ2n) is 2.37. The minimum atomic E-state index is -0.604. The number of nitriles is 1. The molecule has 0 aliphatic carbocycles. The van der Waals surface area contributed by atoms with Crippen LogP contribution in [0.1, 0.15) is 16.1 Å². The summed E-state index contributed by atoms with van der Waals surface area (Å²) in [4.78, 5) is 14.9. The van der Waals surface area contributed by atoms with Crippen molar-refractivity contribution in [2.45, 2.75) is 0 Å². The Bertz CT molecular complexity index is 396. The lowest BCUT2D eigenvalue weighted by Gasteiger charge is -2.03. The van der Waals surface area contributed by atoms with Gasteiger partial charge in [0.05, 0.1) is 26.0 Å². The van der Waals surface area contributed by atoms with E-state index in [1.807, 2.05) is 0 Å². The van der Waals surface area contributed by atoms with E-state index >= 15 is 0 Å². The van der Waals surface area contributed by atoms with Gasteiger partial charge in [0.1, 0.15) is 11.8 Å². The van der Waals surface area contributed by atoms with Crippen LogP contribution in [0.3, 0.4) is 0 Å². The van der Waals surface area contributed by atoms with E-state index in [0.29, 0.717) is 5.75 Å². The number of rotatable bonds is 2. The van der Waals surface area contributed by atoms with Gasteiger partial charge in [-0.15, -0.1) is 0 Å². The van der Waals surface area contributed by atoms with E-state index in [2.05, 4.69) is 9.72 Å². The van der Waals surface area contributed by atoms with Crippen LogP contribution < -0.4 is 4.74 Å². The van der Waals surface area contributed by atoms with E-state index in [0.717, 1.165) is 0 Å². The van der Waals surface area contributed by atoms with Crippen molar-refractivity contribution >= 4 is 5.97 Å². The molecular weight excluding hydrogens is 184 g/mol. The lowest BCUT2D eigenvalue weighted by molar-refractivity contribution is 0.0599. The van der Waals surface area contributed by atoms with Crippen LogP contribution in [0.4, 0.5) is 0 Å².